The summed E-state index contributed by atoms with van der Waals surface area (Å²) >= 11 is 0. The Kier molecular flexibility index (Phi) is 2.78. The van der Waals surface area contributed by atoms with Crippen molar-refractivity contribution in [2.24, 2.45) is 7.05 Å². The van der Waals surface area contributed by atoms with Gasteiger partial charge in [-0.2, -0.15) is 0 Å². The van der Waals surface area contributed by atoms with Gasteiger partial charge in [-0.3, -0.25) is 0 Å². The number of ether oxygens (including phenoxy) is 1. The lowest BCUT2D eigenvalue weighted by molar-refractivity contribution is 0.415. The lowest BCUT2D eigenvalue weighted by atomic mass is 10.1. The van der Waals surface area contributed by atoms with Gasteiger partial charge in [0.1, 0.15) is 5.75 Å². The number of hydrogen-bond acceptors (Lipinski definition) is 2. The summed E-state index contributed by atoms with van der Waals surface area (Å²) in [5.41, 5.74) is 4.10. The molecule has 0 spiro atoms. The van der Waals surface area contributed by atoms with Crippen LogP contribution in [0.2, 0.25) is 0 Å². The minimum absolute atomic E-state index is 0.508. The Hall–Kier alpha value is -1.48. The third-order valence-electron chi connectivity index (χ3n) is 4.11. The highest BCUT2D eigenvalue weighted by molar-refractivity contribution is 5.86. The van der Waals surface area contributed by atoms with Crippen molar-refractivity contribution in [1.82, 2.24) is 9.88 Å². The molecule has 96 valence electrons. The van der Waals surface area contributed by atoms with Gasteiger partial charge in [-0.25, -0.2) is 0 Å². The molecule has 3 nitrogen and oxygen atoms in total. The average Bonchev–Trinajstić information content (AvgIpc) is 2.98. The van der Waals surface area contributed by atoms with Gasteiger partial charge < -0.3 is 14.6 Å². The normalized spacial score (nSPS) is 19.6. The van der Waals surface area contributed by atoms with Crippen LogP contribution < -0.4 is 10.1 Å². The molecule has 2 aromatic rings. The van der Waals surface area contributed by atoms with E-state index in [4.69, 9.17) is 4.74 Å². The fraction of sp³-hybridized carbons (Fsp3) is 0.467. The Morgan fingerprint density at radius 1 is 1.39 bits per heavy atom. The molecular formula is C15H20N2O. The van der Waals surface area contributed by atoms with Crippen molar-refractivity contribution in [3.63, 3.8) is 0 Å². The van der Waals surface area contributed by atoms with E-state index in [-0.39, 0.29) is 0 Å². The molecule has 3 heteroatoms. The van der Waals surface area contributed by atoms with Crippen LogP contribution in [0.15, 0.2) is 18.2 Å². The van der Waals surface area contributed by atoms with E-state index < -0.39 is 0 Å². The van der Waals surface area contributed by atoms with Crippen molar-refractivity contribution in [2.75, 3.05) is 13.7 Å². The maximum atomic E-state index is 5.33. The summed E-state index contributed by atoms with van der Waals surface area (Å²) in [6, 6.07) is 6.84. The van der Waals surface area contributed by atoms with Gasteiger partial charge in [0, 0.05) is 29.7 Å². The minimum Gasteiger partial charge on any atom is -0.497 e. The summed E-state index contributed by atoms with van der Waals surface area (Å²) in [4.78, 5) is 0. The monoisotopic (exact) mass is 244 g/mol. The summed E-state index contributed by atoms with van der Waals surface area (Å²) in [6.45, 7) is 3.35. The SMILES string of the molecule is COc1ccc2c(c1)c(C)c(C1CCCN1)n2C. The highest BCUT2D eigenvalue weighted by Gasteiger charge is 2.23. The first-order chi connectivity index (χ1) is 8.72. The molecule has 1 saturated heterocycles. The molecule has 1 aliphatic heterocycles. The van der Waals surface area contributed by atoms with Crippen LogP contribution in [0.25, 0.3) is 10.9 Å². The molecule has 3 rings (SSSR count). The van der Waals surface area contributed by atoms with E-state index in [2.05, 4.69) is 36.0 Å². The smallest absolute Gasteiger partial charge is 0.119 e. The Morgan fingerprint density at radius 2 is 2.22 bits per heavy atom. The third-order valence-corrected chi connectivity index (χ3v) is 4.11. The summed E-state index contributed by atoms with van der Waals surface area (Å²) in [7, 11) is 3.88. The molecule has 1 fully saturated rings. The molecule has 0 radical (unpaired) electrons. The number of nitrogens with one attached hydrogen (secondary N) is 1. The maximum Gasteiger partial charge on any atom is 0.119 e. The van der Waals surface area contributed by atoms with Gasteiger partial charge in [-0.05, 0) is 50.1 Å². The molecule has 0 bridgehead atoms. The Bertz CT molecular complexity index is 580. The van der Waals surface area contributed by atoms with Crippen LogP contribution in [-0.4, -0.2) is 18.2 Å². The fourth-order valence-corrected chi connectivity index (χ4v) is 3.17. The average molecular weight is 244 g/mol. The number of benzene rings is 1. The van der Waals surface area contributed by atoms with E-state index in [0.717, 1.165) is 12.3 Å². The van der Waals surface area contributed by atoms with Crippen molar-refractivity contribution in [3.8, 4) is 5.75 Å². The first-order valence-electron chi connectivity index (χ1n) is 6.58. The molecular weight excluding hydrogens is 224 g/mol. The van der Waals surface area contributed by atoms with E-state index in [1.54, 1.807) is 7.11 Å². The predicted octanol–water partition coefficient (Wildman–Crippen LogP) is 2.92. The molecule has 1 N–H and O–H groups in total. The minimum atomic E-state index is 0.508. The van der Waals surface area contributed by atoms with Crippen molar-refractivity contribution in [3.05, 3.63) is 29.5 Å². The highest BCUT2D eigenvalue weighted by Crippen LogP contribution is 2.34. The van der Waals surface area contributed by atoms with Gasteiger partial charge in [-0.15, -0.1) is 0 Å². The summed E-state index contributed by atoms with van der Waals surface area (Å²) in [6.07, 6.45) is 2.51. The summed E-state index contributed by atoms with van der Waals surface area (Å²) < 4.78 is 7.65. The van der Waals surface area contributed by atoms with Gasteiger partial charge in [-0.1, -0.05) is 0 Å². The number of hydrogen-bond donors (Lipinski definition) is 1. The number of rotatable bonds is 2. The van der Waals surface area contributed by atoms with Crippen molar-refractivity contribution in [1.29, 1.82) is 0 Å². The fourth-order valence-electron chi connectivity index (χ4n) is 3.17. The second-order valence-electron chi connectivity index (χ2n) is 5.10. The van der Waals surface area contributed by atoms with Crippen LogP contribution in [-0.2, 0) is 7.05 Å². The van der Waals surface area contributed by atoms with Gasteiger partial charge in [0.2, 0.25) is 0 Å². The molecule has 0 saturated carbocycles. The van der Waals surface area contributed by atoms with E-state index >= 15 is 0 Å². The van der Waals surface area contributed by atoms with Gasteiger partial charge in [0.05, 0.1) is 7.11 Å². The predicted molar refractivity (Wildman–Crippen MR) is 74.2 cm³/mol. The van der Waals surface area contributed by atoms with Crippen LogP contribution in [0.3, 0.4) is 0 Å². The zero-order chi connectivity index (χ0) is 12.7. The number of methoxy groups -OCH3 is 1. The molecule has 1 aromatic carbocycles. The molecule has 2 heterocycles. The molecule has 1 aromatic heterocycles. The van der Waals surface area contributed by atoms with E-state index in [1.807, 2.05) is 6.07 Å². The van der Waals surface area contributed by atoms with Crippen LogP contribution >= 0.6 is 0 Å². The zero-order valence-corrected chi connectivity index (χ0v) is 11.3. The van der Waals surface area contributed by atoms with Gasteiger partial charge in [0.15, 0.2) is 0 Å². The van der Waals surface area contributed by atoms with Crippen LogP contribution in [0.4, 0.5) is 0 Å². The summed E-state index contributed by atoms with van der Waals surface area (Å²) in [5, 5.41) is 4.90. The van der Waals surface area contributed by atoms with Gasteiger partial charge >= 0.3 is 0 Å². The van der Waals surface area contributed by atoms with Crippen LogP contribution in [0.1, 0.15) is 30.1 Å². The molecule has 18 heavy (non-hydrogen) atoms. The van der Waals surface area contributed by atoms with Crippen LogP contribution in [0.5, 0.6) is 5.75 Å². The molecule has 0 aliphatic carbocycles. The lowest BCUT2D eigenvalue weighted by Crippen LogP contribution is -2.16. The van der Waals surface area contributed by atoms with Crippen molar-refractivity contribution < 1.29 is 4.74 Å². The number of aromatic nitrogens is 1. The van der Waals surface area contributed by atoms with E-state index in [9.17, 15) is 0 Å². The standard InChI is InChI=1S/C15H20N2O/c1-10-12-9-11(18-3)6-7-14(12)17(2)15(10)13-5-4-8-16-13/h6-7,9,13,16H,4-5,8H2,1-3H3. The Balaban J connectivity index is 2.20. The lowest BCUT2D eigenvalue weighted by Gasteiger charge is -2.13. The topological polar surface area (TPSA) is 26.2 Å². The number of nitrogens with zero attached hydrogens (tertiary/aromatic N) is 1. The first-order valence-corrected chi connectivity index (χ1v) is 6.58. The third kappa shape index (κ3) is 1.62. The van der Waals surface area contributed by atoms with Crippen molar-refractivity contribution in [2.45, 2.75) is 25.8 Å². The molecule has 1 unspecified atom stereocenters. The van der Waals surface area contributed by atoms with Crippen LogP contribution in [0, 0.1) is 6.92 Å². The van der Waals surface area contributed by atoms with Gasteiger partial charge in [0.25, 0.3) is 0 Å². The zero-order valence-electron chi connectivity index (χ0n) is 11.3. The Labute approximate surface area is 108 Å². The molecule has 1 atom stereocenters. The second kappa shape index (κ2) is 4.32. The molecule has 0 amide bonds. The quantitative estimate of drug-likeness (QED) is 0.879. The maximum absolute atomic E-state index is 5.33. The number of fused-ring (bicyclic) bond motifs is 1. The highest BCUT2D eigenvalue weighted by atomic mass is 16.5. The second-order valence-corrected chi connectivity index (χ2v) is 5.10. The number of aryl methyl sites for hydroxylation is 2. The van der Waals surface area contributed by atoms with E-state index in [0.29, 0.717) is 6.04 Å². The largest absolute Gasteiger partial charge is 0.497 e. The summed E-state index contributed by atoms with van der Waals surface area (Å²) in [5.74, 6) is 0.933. The molecule has 1 aliphatic rings. The van der Waals surface area contributed by atoms with Crippen molar-refractivity contribution >= 4 is 10.9 Å². The Morgan fingerprint density at radius 3 is 2.89 bits per heavy atom. The first kappa shape index (κ1) is 11.6. The van der Waals surface area contributed by atoms with E-state index in [1.165, 1.54) is 35.0 Å².